The van der Waals surface area contributed by atoms with Gasteiger partial charge in [0.25, 0.3) is 0 Å². The van der Waals surface area contributed by atoms with Crippen molar-refractivity contribution in [3.05, 3.63) is 17.5 Å². The van der Waals surface area contributed by atoms with Gasteiger partial charge in [0, 0.05) is 37.2 Å². The number of ether oxygens (including phenoxy) is 1. The molecule has 24 heavy (non-hydrogen) atoms. The summed E-state index contributed by atoms with van der Waals surface area (Å²) in [7, 11) is 0. The van der Waals surface area contributed by atoms with Crippen LogP contribution < -0.4 is 11.1 Å². The summed E-state index contributed by atoms with van der Waals surface area (Å²) < 4.78 is 7.64. The lowest BCUT2D eigenvalue weighted by Gasteiger charge is -2.57. The minimum atomic E-state index is -0.842. The van der Waals surface area contributed by atoms with Crippen molar-refractivity contribution in [2.45, 2.75) is 65.6 Å². The molecule has 1 amide bonds. The molecule has 2 rings (SSSR count). The van der Waals surface area contributed by atoms with E-state index in [0.29, 0.717) is 19.6 Å². The SMILES string of the molecule is CCOC1CC(N)(C(=O)NCCCn2nc(C)cc2C)C1(C)C.Cl. The highest BCUT2D eigenvalue weighted by molar-refractivity contribution is 5.88. The van der Waals surface area contributed by atoms with E-state index in [2.05, 4.69) is 16.5 Å². The second kappa shape index (κ2) is 7.85. The molecule has 0 aliphatic heterocycles. The van der Waals surface area contributed by atoms with E-state index in [4.69, 9.17) is 10.5 Å². The van der Waals surface area contributed by atoms with Gasteiger partial charge in [-0.2, -0.15) is 5.10 Å². The van der Waals surface area contributed by atoms with Crippen LogP contribution in [0.15, 0.2) is 6.07 Å². The average molecular weight is 359 g/mol. The van der Waals surface area contributed by atoms with Crippen LogP contribution >= 0.6 is 12.4 Å². The Bertz CT molecular complexity index is 573. The van der Waals surface area contributed by atoms with Gasteiger partial charge in [-0.25, -0.2) is 0 Å². The Hall–Kier alpha value is -1.11. The van der Waals surface area contributed by atoms with Crippen LogP contribution in [0.2, 0.25) is 0 Å². The molecule has 1 heterocycles. The van der Waals surface area contributed by atoms with Gasteiger partial charge in [0.05, 0.1) is 11.8 Å². The fourth-order valence-corrected chi connectivity index (χ4v) is 3.31. The number of carbonyl (C=O) groups excluding carboxylic acids is 1. The van der Waals surface area contributed by atoms with E-state index in [9.17, 15) is 4.79 Å². The molecule has 138 valence electrons. The third-order valence-corrected chi connectivity index (χ3v) is 5.17. The lowest BCUT2D eigenvalue weighted by molar-refractivity contribution is -0.170. The molecular formula is C17H31ClN4O2. The van der Waals surface area contributed by atoms with Gasteiger partial charge in [0.15, 0.2) is 0 Å². The number of aromatic nitrogens is 2. The molecule has 1 aliphatic rings. The first-order valence-corrected chi connectivity index (χ1v) is 8.42. The lowest BCUT2D eigenvalue weighted by Crippen LogP contribution is -2.75. The molecule has 0 saturated heterocycles. The predicted octanol–water partition coefficient (Wildman–Crippen LogP) is 1.96. The van der Waals surface area contributed by atoms with Gasteiger partial charge in [-0.15, -0.1) is 12.4 Å². The number of hydrogen-bond acceptors (Lipinski definition) is 4. The normalized spacial score (nSPS) is 24.8. The highest BCUT2D eigenvalue weighted by atomic mass is 35.5. The van der Waals surface area contributed by atoms with Crippen molar-refractivity contribution < 1.29 is 9.53 Å². The van der Waals surface area contributed by atoms with E-state index in [1.54, 1.807) is 0 Å². The van der Waals surface area contributed by atoms with Crippen LogP contribution in [0.5, 0.6) is 0 Å². The van der Waals surface area contributed by atoms with E-state index in [0.717, 1.165) is 24.4 Å². The maximum absolute atomic E-state index is 12.5. The van der Waals surface area contributed by atoms with Gasteiger partial charge in [-0.05, 0) is 33.3 Å². The number of nitrogens with zero attached hydrogens (tertiary/aromatic N) is 2. The molecule has 0 radical (unpaired) electrons. The molecule has 1 aliphatic carbocycles. The topological polar surface area (TPSA) is 82.2 Å². The number of nitrogens with one attached hydrogen (secondary N) is 1. The highest BCUT2D eigenvalue weighted by Gasteiger charge is 2.62. The van der Waals surface area contributed by atoms with Crippen LogP contribution in [0.3, 0.4) is 0 Å². The maximum Gasteiger partial charge on any atom is 0.240 e. The number of halogens is 1. The van der Waals surface area contributed by atoms with Crippen LogP contribution in [-0.4, -0.2) is 40.5 Å². The Morgan fingerprint density at radius 3 is 2.67 bits per heavy atom. The van der Waals surface area contributed by atoms with Gasteiger partial charge in [0.1, 0.15) is 5.54 Å². The van der Waals surface area contributed by atoms with Gasteiger partial charge in [-0.3, -0.25) is 9.48 Å². The number of aryl methyl sites for hydroxylation is 3. The van der Waals surface area contributed by atoms with E-state index >= 15 is 0 Å². The second-order valence-electron chi connectivity index (χ2n) is 7.10. The molecule has 1 fully saturated rings. The molecule has 2 unspecified atom stereocenters. The zero-order chi connectivity index (χ0) is 17.3. The average Bonchev–Trinajstić information content (AvgIpc) is 2.80. The largest absolute Gasteiger partial charge is 0.378 e. The van der Waals surface area contributed by atoms with E-state index in [-0.39, 0.29) is 29.8 Å². The summed E-state index contributed by atoms with van der Waals surface area (Å²) in [6.07, 6.45) is 1.47. The number of nitrogens with two attached hydrogens (primary N) is 1. The van der Waals surface area contributed by atoms with Gasteiger partial charge in [0.2, 0.25) is 5.91 Å². The molecule has 1 saturated carbocycles. The van der Waals surface area contributed by atoms with Crippen LogP contribution in [0, 0.1) is 19.3 Å². The van der Waals surface area contributed by atoms with Crippen molar-refractivity contribution in [1.29, 1.82) is 0 Å². The monoisotopic (exact) mass is 358 g/mol. The Balaban J connectivity index is 0.00000288. The third kappa shape index (κ3) is 3.76. The van der Waals surface area contributed by atoms with Gasteiger partial charge in [-0.1, -0.05) is 13.8 Å². The quantitative estimate of drug-likeness (QED) is 0.730. The van der Waals surface area contributed by atoms with Crippen molar-refractivity contribution in [2.75, 3.05) is 13.2 Å². The number of hydrogen-bond donors (Lipinski definition) is 2. The van der Waals surface area contributed by atoms with E-state index in [1.807, 2.05) is 39.3 Å². The van der Waals surface area contributed by atoms with Crippen molar-refractivity contribution in [3.63, 3.8) is 0 Å². The van der Waals surface area contributed by atoms with E-state index < -0.39 is 5.54 Å². The summed E-state index contributed by atoms with van der Waals surface area (Å²) in [5.41, 5.74) is 7.33. The number of carbonyl (C=O) groups is 1. The molecule has 0 bridgehead atoms. The first-order chi connectivity index (χ1) is 10.7. The van der Waals surface area contributed by atoms with Crippen LogP contribution in [-0.2, 0) is 16.1 Å². The third-order valence-electron chi connectivity index (χ3n) is 5.17. The molecular weight excluding hydrogens is 328 g/mol. The standard InChI is InChI=1S/C17H30N4O2.ClH/c1-6-23-14-11-17(18,16(14,4)5)15(22)19-8-7-9-21-13(3)10-12(2)20-21;/h10,14H,6-9,11,18H2,1-5H3,(H,19,22);1H. The Morgan fingerprint density at radius 2 is 2.17 bits per heavy atom. The Morgan fingerprint density at radius 1 is 1.50 bits per heavy atom. The Kier molecular flexibility index (Phi) is 6.84. The molecule has 1 aromatic heterocycles. The molecule has 0 spiro atoms. The van der Waals surface area contributed by atoms with E-state index in [1.165, 1.54) is 0 Å². The summed E-state index contributed by atoms with van der Waals surface area (Å²) >= 11 is 0. The summed E-state index contributed by atoms with van der Waals surface area (Å²) in [6.45, 7) is 12.0. The molecule has 3 N–H and O–H groups in total. The van der Waals surface area contributed by atoms with Gasteiger partial charge < -0.3 is 15.8 Å². The Labute approximate surface area is 150 Å². The fraction of sp³-hybridized carbons (Fsp3) is 0.765. The number of amides is 1. The van der Waals surface area contributed by atoms with Crippen LogP contribution in [0.1, 0.15) is 45.0 Å². The highest BCUT2D eigenvalue weighted by Crippen LogP contribution is 2.49. The van der Waals surface area contributed by atoms with Crippen molar-refractivity contribution >= 4 is 18.3 Å². The fourth-order valence-electron chi connectivity index (χ4n) is 3.31. The second-order valence-corrected chi connectivity index (χ2v) is 7.10. The van der Waals surface area contributed by atoms with Crippen LogP contribution in [0.4, 0.5) is 0 Å². The lowest BCUT2D eigenvalue weighted by atomic mass is 9.54. The zero-order valence-corrected chi connectivity index (χ0v) is 16.2. The molecule has 2 atom stereocenters. The first kappa shape index (κ1) is 20.9. The summed E-state index contributed by atoms with van der Waals surface area (Å²) in [5, 5.41) is 7.40. The van der Waals surface area contributed by atoms with Crippen molar-refractivity contribution in [2.24, 2.45) is 11.1 Å². The maximum atomic E-state index is 12.5. The smallest absolute Gasteiger partial charge is 0.240 e. The predicted molar refractivity (Wildman–Crippen MR) is 97.3 cm³/mol. The minimum Gasteiger partial charge on any atom is -0.378 e. The van der Waals surface area contributed by atoms with Gasteiger partial charge >= 0.3 is 0 Å². The first-order valence-electron chi connectivity index (χ1n) is 8.42. The summed E-state index contributed by atoms with van der Waals surface area (Å²) in [5.74, 6) is -0.0770. The number of rotatable bonds is 7. The summed E-state index contributed by atoms with van der Waals surface area (Å²) in [6, 6.07) is 2.05. The van der Waals surface area contributed by atoms with Crippen molar-refractivity contribution in [1.82, 2.24) is 15.1 Å². The molecule has 7 heteroatoms. The summed E-state index contributed by atoms with van der Waals surface area (Å²) in [4.78, 5) is 12.5. The molecule has 6 nitrogen and oxygen atoms in total. The molecule has 1 aromatic rings. The van der Waals surface area contributed by atoms with Crippen LogP contribution in [0.25, 0.3) is 0 Å². The minimum absolute atomic E-state index is 0. The zero-order valence-electron chi connectivity index (χ0n) is 15.4. The molecule has 0 aromatic carbocycles. The van der Waals surface area contributed by atoms with Crippen molar-refractivity contribution in [3.8, 4) is 0 Å².